The number of thioether (sulfide) groups is 1. The lowest BCUT2D eigenvalue weighted by Crippen LogP contribution is -2.10. The van der Waals surface area contributed by atoms with Crippen molar-refractivity contribution in [3.05, 3.63) is 52.6 Å². The van der Waals surface area contributed by atoms with Crippen LogP contribution in [-0.2, 0) is 4.79 Å². The van der Waals surface area contributed by atoms with Gasteiger partial charge in [0, 0.05) is 5.39 Å². The summed E-state index contributed by atoms with van der Waals surface area (Å²) in [7, 11) is 0. The molecule has 0 N–H and O–H groups in total. The van der Waals surface area contributed by atoms with E-state index in [0.717, 1.165) is 22.5 Å². The normalized spacial score (nSPS) is 11.6. The molecular formula is C14H10BrFO2S. The van der Waals surface area contributed by atoms with Crippen LogP contribution in [0.2, 0.25) is 0 Å². The molecule has 2 nitrogen and oxygen atoms in total. The van der Waals surface area contributed by atoms with Crippen LogP contribution in [-0.4, -0.2) is 11.7 Å². The van der Waals surface area contributed by atoms with Crippen molar-refractivity contribution in [1.82, 2.24) is 0 Å². The number of benzene rings is 2. The minimum absolute atomic E-state index is 0.0459. The third-order valence-electron chi connectivity index (χ3n) is 2.39. The van der Waals surface area contributed by atoms with E-state index in [4.69, 9.17) is 4.74 Å². The molecule has 0 fully saturated rings. The highest BCUT2D eigenvalue weighted by atomic mass is 79.9. The second-order valence-electron chi connectivity index (χ2n) is 3.65. The van der Waals surface area contributed by atoms with Gasteiger partial charge in [-0.15, -0.1) is 11.8 Å². The van der Waals surface area contributed by atoms with Gasteiger partial charge in [-0.1, -0.05) is 36.4 Å². The number of hydrogen-bond donors (Lipinski definition) is 0. The Bertz CT molecular complexity index is 622. The van der Waals surface area contributed by atoms with Gasteiger partial charge in [-0.2, -0.15) is 0 Å². The number of ether oxygens (including phenoxy) is 1. The zero-order valence-corrected chi connectivity index (χ0v) is 12.2. The standard InChI is InChI=1S/C14H10BrFO2S/c15-13(8-16)19-9-14(17)18-12-7-3-5-10-4-1-2-6-11(10)12/h1-8H,9H2/b13-8+. The molecule has 0 spiro atoms. The number of carbonyl (C=O) groups excluding carboxylic acids is 1. The summed E-state index contributed by atoms with van der Waals surface area (Å²) >= 11 is 4.01. The quantitative estimate of drug-likeness (QED) is 0.599. The van der Waals surface area contributed by atoms with Crippen LogP contribution < -0.4 is 4.74 Å². The molecule has 0 radical (unpaired) electrons. The summed E-state index contributed by atoms with van der Waals surface area (Å²) in [6.07, 6.45) is 0.399. The second-order valence-corrected chi connectivity index (χ2v) is 6.05. The number of fused-ring (bicyclic) bond motifs is 1. The summed E-state index contributed by atoms with van der Waals surface area (Å²) in [5.41, 5.74) is 0. The molecule has 0 aromatic heterocycles. The molecule has 19 heavy (non-hydrogen) atoms. The van der Waals surface area contributed by atoms with E-state index < -0.39 is 5.97 Å². The Morgan fingerprint density at radius 3 is 2.79 bits per heavy atom. The molecule has 2 aromatic rings. The van der Waals surface area contributed by atoms with Gasteiger partial charge in [0.15, 0.2) is 0 Å². The molecule has 0 atom stereocenters. The summed E-state index contributed by atoms with van der Waals surface area (Å²) < 4.78 is 17.6. The Balaban J connectivity index is 2.11. The van der Waals surface area contributed by atoms with Crippen LogP contribution in [0.4, 0.5) is 4.39 Å². The lowest BCUT2D eigenvalue weighted by molar-refractivity contribution is -0.131. The van der Waals surface area contributed by atoms with Crippen LogP contribution in [0.3, 0.4) is 0 Å². The van der Waals surface area contributed by atoms with Gasteiger partial charge >= 0.3 is 5.97 Å². The van der Waals surface area contributed by atoms with E-state index >= 15 is 0 Å². The van der Waals surface area contributed by atoms with Crippen LogP contribution in [0.15, 0.2) is 52.6 Å². The van der Waals surface area contributed by atoms with Crippen molar-refractivity contribution in [2.24, 2.45) is 0 Å². The number of carbonyl (C=O) groups is 1. The maximum absolute atomic E-state index is 12.1. The van der Waals surface area contributed by atoms with Crippen LogP contribution >= 0.6 is 27.7 Å². The fourth-order valence-corrected chi connectivity index (χ4v) is 2.32. The van der Waals surface area contributed by atoms with Gasteiger partial charge in [0.2, 0.25) is 0 Å². The molecule has 0 saturated carbocycles. The molecule has 0 heterocycles. The summed E-state index contributed by atoms with van der Waals surface area (Å²) in [5.74, 6) is 0.147. The van der Waals surface area contributed by atoms with Gasteiger partial charge in [0.1, 0.15) is 12.1 Å². The maximum Gasteiger partial charge on any atom is 0.321 e. The van der Waals surface area contributed by atoms with Crippen LogP contribution in [0.1, 0.15) is 0 Å². The van der Waals surface area contributed by atoms with Crippen molar-refractivity contribution in [2.75, 3.05) is 5.75 Å². The van der Waals surface area contributed by atoms with E-state index in [0.29, 0.717) is 12.1 Å². The molecule has 0 aliphatic rings. The molecule has 0 aliphatic heterocycles. The molecule has 0 saturated heterocycles. The maximum atomic E-state index is 12.1. The SMILES string of the molecule is O=C(CS/C(Br)=C/F)Oc1cccc2ccccc12. The Morgan fingerprint density at radius 2 is 2.00 bits per heavy atom. The molecule has 0 bridgehead atoms. The van der Waals surface area contributed by atoms with E-state index in [1.807, 2.05) is 36.4 Å². The smallest absolute Gasteiger partial charge is 0.321 e. The molecule has 2 aromatic carbocycles. The summed E-state index contributed by atoms with van der Waals surface area (Å²) in [5, 5.41) is 1.88. The van der Waals surface area contributed by atoms with E-state index in [2.05, 4.69) is 15.9 Å². The highest BCUT2D eigenvalue weighted by Crippen LogP contribution is 2.26. The third-order valence-corrected chi connectivity index (χ3v) is 3.99. The van der Waals surface area contributed by atoms with E-state index in [-0.39, 0.29) is 9.57 Å². The van der Waals surface area contributed by atoms with Crippen molar-refractivity contribution < 1.29 is 13.9 Å². The van der Waals surface area contributed by atoms with Crippen molar-refractivity contribution in [3.8, 4) is 5.75 Å². The second kappa shape index (κ2) is 6.73. The van der Waals surface area contributed by atoms with Gasteiger partial charge in [0.25, 0.3) is 0 Å². The van der Waals surface area contributed by atoms with Crippen LogP contribution in [0, 0.1) is 0 Å². The zero-order chi connectivity index (χ0) is 13.7. The van der Waals surface area contributed by atoms with Gasteiger partial charge in [-0.05, 0) is 27.4 Å². The summed E-state index contributed by atoms with van der Waals surface area (Å²) in [4.78, 5) is 11.7. The first-order valence-electron chi connectivity index (χ1n) is 5.48. The highest BCUT2D eigenvalue weighted by Gasteiger charge is 2.08. The summed E-state index contributed by atoms with van der Waals surface area (Å²) in [6, 6.07) is 13.2. The molecule has 0 amide bonds. The molecule has 2 rings (SSSR count). The predicted molar refractivity (Wildman–Crippen MR) is 80.2 cm³/mol. The monoisotopic (exact) mass is 340 g/mol. The highest BCUT2D eigenvalue weighted by molar-refractivity contribution is 9.14. The van der Waals surface area contributed by atoms with Crippen LogP contribution in [0.25, 0.3) is 10.8 Å². The Hall–Kier alpha value is -1.33. The van der Waals surface area contributed by atoms with Gasteiger partial charge in [-0.3, -0.25) is 4.79 Å². The number of hydrogen-bond acceptors (Lipinski definition) is 3. The van der Waals surface area contributed by atoms with Crippen LogP contribution in [0.5, 0.6) is 5.75 Å². The van der Waals surface area contributed by atoms with E-state index in [1.165, 1.54) is 0 Å². The summed E-state index contributed by atoms with van der Waals surface area (Å²) in [6.45, 7) is 0. The Labute approximate surface area is 122 Å². The fourth-order valence-electron chi connectivity index (χ4n) is 1.60. The fraction of sp³-hybridized carbons (Fsp3) is 0.0714. The lowest BCUT2D eigenvalue weighted by atomic mass is 10.1. The minimum atomic E-state index is -0.417. The van der Waals surface area contributed by atoms with Gasteiger partial charge in [-0.25, -0.2) is 4.39 Å². The largest absolute Gasteiger partial charge is 0.425 e. The van der Waals surface area contributed by atoms with E-state index in [1.54, 1.807) is 6.07 Å². The van der Waals surface area contributed by atoms with Gasteiger partial charge in [0.05, 0.1) is 9.57 Å². The first-order valence-corrected chi connectivity index (χ1v) is 7.25. The third kappa shape index (κ3) is 3.81. The number of rotatable bonds is 4. The molecule has 98 valence electrons. The molecule has 5 heteroatoms. The van der Waals surface area contributed by atoms with Gasteiger partial charge < -0.3 is 4.74 Å². The minimum Gasteiger partial charge on any atom is -0.425 e. The zero-order valence-electron chi connectivity index (χ0n) is 9.81. The number of halogens is 2. The van der Waals surface area contributed by atoms with Crippen molar-refractivity contribution in [1.29, 1.82) is 0 Å². The molecule has 0 unspecified atom stereocenters. The van der Waals surface area contributed by atoms with E-state index in [9.17, 15) is 9.18 Å². The first-order chi connectivity index (χ1) is 9.20. The van der Waals surface area contributed by atoms with Crippen molar-refractivity contribution in [2.45, 2.75) is 0 Å². The average molecular weight is 341 g/mol. The van der Waals surface area contributed by atoms with Crippen molar-refractivity contribution >= 4 is 44.4 Å². The Morgan fingerprint density at radius 1 is 1.26 bits per heavy atom. The topological polar surface area (TPSA) is 26.3 Å². The first kappa shape index (κ1) is 14.1. The Kier molecular flexibility index (Phi) is 4.99. The predicted octanol–water partition coefficient (Wildman–Crippen LogP) is 4.64. The average Bonchev–Trinajstić information content (AvgIpc) is 2.45. The van der Waals surface area contributed by atoms with Crippen molar-refractivity contribution in [3.63, 3.8) is 0 Å². The molecule has 0 aliphatic carbocycles. The number of esters is 1. The lowest BCUT2D eigenvalue weighted by Gasteiger charge is -2.07. The molecular weight excluding hydrogens is 331 g/mol.